The van der Waals surface area contributed by atoms with E-state index in [1.165, 1.54) is 6.07 Å². The highest BCUT2D eigenvalue weighted by atomic mass is 32.2. The van der Waals surface area contributed by atoms with Gasteiger partial charge in [-0.3, -0.25) is 0 Å². The zero-order valence-corrected chi connectivity index (χ0v) is 12.7. The van der Waals surface area contributed by atoms with Gasteiger partial charge in [0.05, 0.1) is 5.60 Å². The molecule has 0 spiro atoms. The minimum atomic E-state index is -2.84. The minimum absolute atomic E-state index is 0.159. The molecule has 0 aromatic heterocycles. The van der Waals surface area contributed by atoms with Crippen molar-refractivity contribution in [1.82, 2.24) is 5.32 Å². The van der Waals surface area contributed by atoms with Crippen molar-refractivity contribution < 1.29 is 18.6 Å². The quantitative estimate of drug-likeness (QED) is 0.774. The van der Waals surface area contributed by atoms with Crippen LogP contribution in [0.2, 0.25) is 0 Å². The van der Waals surface area contributed by atoms with E-state index in [1.54, 1.807) is 36.9 Å². The molecule has 1 aromatic rings. The second-order valence-corrected chi connectivity index (χ2v) is 5.81. The molecule has 2 unspecified atom stereocenters. The van der Waals surface area contributed by atoms with Crippen LogP contribution < -0.4 is 10.1 Å². The van der Waals surface area contributed by atoms with Gasteiger partial charge in [-0.2, -0.15) is 20.5 Å². The number of hydrogen-bond acceptors (Lipinski definition) is 4. The lowest BCUT2D eigenvalue weighted by Gasteiger charge is -2.26. The van der Waals surface area contributed by atoms with E-state index >= 15 is 0 Å². The molecule has 20 heavy (non-hydrogen) atoms. The highest BCUT2D eigenvalue weighted by molar-refractivity contribution is 7.98. The summed E-state index contributed by atoms with van der Waals surface area (Å²) in [4.78, 5) is 0. The number of halogens is 2. The van der Waals surface area contributed by atoms with E-state index in [-0.39, 0.29) is 11.8 Å². The molecule has 0 aliphatic carbocycles. The zero-order valence-electron chi connectivity index (χ0n) is 11.9. The summed E-state index contributed by atoms with van der Waals surface area (Å²) in [5.74, 6) is 0.758. The second kappa shape index (κ2) is 7.81. The van der Waals surface area contributed by atoms with E-state index in [0.717, 1.165) is 0 Å². The molecular weight excluding hydrogens is 284 g/mol. The van der Waals surface area contributed by atoms with Gasteiger partial charge >= 0.3 is 6.61 Å². The van der Waals surface area contributed by atoms with Crippen molar-refractivity contribution in [1.29, 1.82) is 0 Å². The van der Waals surface area contributed by atoms with Crippen LogP contribution in [-0.4, -0.2) is 35.9 Å². The molecule has 1 aromatic carbocycles. The molecule has 0 bridgehead atoms. The van der Waals surface area contributed by atoms with Gasteiger partial charge in [0.2, 0.25) is 0 Å². The van der Waals surface area contributed by atoms with Gasteiger partial charge in [0.25, 0.3) is 0 Å². The number of aliphatic hydroxyl groups is 1. The predicted octanol–water partition coefficient (Wildman–Crippen LogP) is 3.05. The summed E-state index contributed by atoms with van der Waals surface area (Å²) in [6, 6.07) is 6.47. The monoisotopic (exact) mass is 305 g/mol. The van der Waals surface area contributed by atoms with E-state index in [2.05, 4.69) is 10.1 Å². The molecule has 2 N–H and O–H groups in total. The third kappa shape index (κ3) is 5.64. The Kier molecular flexibility index (Phi) is 6.71. The first-order chi connectivity index (χ1) is 9.35. The lowest BCUT2D eigenvalue weighted by atomic mass is 10.1. The van der Waals surface area contributed by atoms with Crippen molar-refractivity contribution in [3.63, 3.8) is 0 Å². The van der Waals surface area contributed by atoms with Crippen molar-refractivity contribution >= 4 is 11.8 Å². The van der Waals surface area contributed by atoms with Crippen LogP contribution in [0.1, 0.15) is 25.5 Å². The van der Waals surface area contributed by atoms with Crippen LogP contribution in [0.4, 0.5) is 8.78 Å². The van der Waals surface area contributed by atoms with Gasteiger partial charge in [0.15, 0.2) is 0 Å². The third-order valence-electron chi connectivity index (χ3n) is 2.85. The first-order valence-electron chi connectivity index (χ1n) is 6.34. The number of nitrogens with one attached hydrogen (secondary N) is 1. The Morgan fingerprint density at radius 1 is 1.40 bits per heavy atom. The largest absolute Gasteiger partial charge is 0.434 e. The first kappa shape index (κ1) is 17.2. The van der Waals surface area contributed by atoms with Gasteiger partial charge < -0.3 is 15.2 Å². The SMILES string of the molecule is CSCC(C)(O)CNC(C)c1ccccc1OC(F)F. The van der Waals surface area contributed by atoms with Crippen molar-refractivity contribution in [2.75, 3.05) is 18.6 Å². The van der Waals surface area contributed by atoms with Crippen LogP contribution in [0.5, 0.6) is 5.75 Å². The molecule has 0 aliphatic rings. The third-order valence-corrected chi connectivity index (χ3v) is 3.76. The molecule has 0 saturated heterocycles. The fraction of sp³-hybridized carbons (Fsp3) is 0.571. The lowest BCUT2D eigenvalue weighted by Crippen LogP contribution is -2.41. The Bertz CT molecular complexity index is 416. The molecule has 1 rings (SSSR count). The van der Waals surface area contributed by atoms with Gasteiger partial charge in [-0.25, -0.2) is 0 Å². The van der Waals surface area contributed by atoms with E-state index in [4.69, 9.17) is 0 Å². The van der Waals surface area contributed by atoms with Gasteiger partial charge in [-0.05, 0) is 26.2 Å². The fourth-order valence-corrected chi connectivity index (χ4v) is 2.61. The standard InChI is InChI=1S/C14H21F2NO2S/c1-10(17-8-14(2,18)9-20-3)11-6-4-5-7-12(11)19-13(15)16/h4-7,10,13,17-18H,8-9H2,1-3H3. The molecule has 0 radical (unpaired) electrons. The van der Waals surface area contributed by atoms with Crippen LogP contribution in [-0.2, 0) is 0 Å². The van der Waals surface area contributed by atoms with Gasteiger partial charge in [-0.15, -0.1) is 0 Å². The summed E-state index contributed by atoms with van der Waals surface area (Å²) in [5.41, 5.74) is -0.195. The summed E-state index contributed by atoms with van der Waals surface area (Å²) in [6.45, 7) is 1.12. The average Bonchev–Trinajstić information content (AvgIpc) is 2.36. The minimum Gasteiger partial charge on any atom is -0.434 e. The molecule has 0 heterocycles. The number of thioether (sulfide) groups is 1. The highest BCUT2D eigenvalue weighted by Crippen LogP contribution is 2.26. The molecule has 6 heteroatoms. The highest BCUT2D eigenvalue weighted by Gasteiger charge is 2.21. The van der Waals surface area contributed by atoms with Gasteiger partial charge in [0, 0.05) is 23.9 Å². The van der Waals surface area contributed by atoms with Crippen molar-refractivity contribution in [2.45, 2.75) is 32.1 Å². The molecule has 2 atom stereocenters. The van der Waals surface area contributed by atoms with Crippen LogP contribution >= 0.6 is 11.8 Å². The number of ether oxygens (including phenoxy) is 1. The van der Waals surface area contributed by atoms with E-state index in [1.807, 2.05) is 13.2 Å². The maximum Gasteiger partial charge on any atom is 0.387 e. The smallest absolute Gasteiger partial charge is 0.387 e. The summed E-state index contributed by atoms with van der Waals surface area (Å²) in [5, 5.41) is 13.2. The molecule has 3 nitrogen and oxygen atoms in total. The number of hydrogen-bond donors (Lipinski definition) is 2. The average molecular weight is 305 g/mol. The fourth-order valence-electron chi connectivity index (χ4n) is 1.89. The van der Waals surface area contributed by atoms with Crippen LogP contribution in [0.3, 0.4) is 0 Å². The number of rotatable bonds is 8. The molecule has 0 amide bonds. The summed E-state index contributed by atoms with van der Waals surface area (Å²) in [7, 11) is 0. The Labute approximate surface area is 122 Å². The van der Waals surface area contributed by atoms with E-state index < -0.39 is 12.2 Å². The maximum absolute atomic E-state index is 12.4. The van der Waals surface area contributed by atoms with Crippen LogP contribution in [0.25, 0.3) is 0 Å². The molecular formula is C14H21F2NO2S. The van der Waals surface area contributed by atoms with E-state index in [0.29, 0.717) is 17.9 Å². The zero-order chi connectivity index (χ0) is 15.2. The molecule has 0 saturated carbocycles. The van der Waals surface area contributed by atoms with Gasteiger partial charge in [-0.1, -0.05) is 18.2 Å². The molecule has 0 aliphatic heterocycles. The number of para-hydroxylation sites is 1. The number of alkyl halides is 2. The normalized spacial score (nSPS) is 15.9. The molecule has 114 valence electrons. The summed E-state index contributed by atoms with van der Waals surface area (Å²) >= 11 is 1.55. The Hall–Kier alpha value is -0.850. The first-order valence-corrected chi connectivity index (χ1v) is 7.73. The van der Waals surface area contributed by atoms with Crippen LogP contribution in [0.15, 0.2) is 24.3 Å². The number of benzene rings is 1. The van der Waals surface area contributed by atoms with E-state index in [9.17, 15) is 13.9 Å². The Morgan fingerprint density at radius 2 is 2.05 bits per heavy atom. The Balaban J connectivity index is 2.70. The topological polar surface area (TPSA) is 41.5 Å². The maximum atomic E-state index is 12.4. The summed E-state index contributed by atoms with van der Waals surface area (Å²) < 4.78 is 29.2. The molecule has 0 fully saturated rings. The van der Waals surface area contributed by atoms with Crippen LogP contribution in [0, 0.1) is 0 Å². The van der Waals surface area contributed by atoms with Crippen molar-refractivity contribution in [3.05, 3.63) is 29.8 Å². The second-order valence-electron chi connectivity index (χ2n) is 4.95. The predicted molar refractivity (Wildman–Crippen MR) is 78.5 cm³/mol. The van der Waals surface area contributed by atoms with Crippen molar-refractivity contribution in [3.8, 4) is 5.75 Å². The van der Waals surface area contributed by atoms with Gasteiger partial charge in [0.1, 0.15) is 5.75 Å². The summed E-state index contributed by atoms with van der Waals surface area (Å²) in [6.07, 6.45) is 1.92. The lowest BCUT2D eigenvalue weighted by molar-refractivity contribution is -0.0507. The van der Waals surface area contributed by atoms with Crippen molar-refractivity contribution in [2.24, 2.45) is 0 Å². The Morgan fingerprint density at radius 3 is 2.65 bits per heavy atom.